The van der Waals surface area contributed by atoms with Crippen LogP contribution in [0.2, 0.25) is 10.0 Å². The zero-order valence-electron chi connectivity index (χ0n) is 17.0. The molecule has 1 heterocycles. The van der Waals surface area contributed by atoms with Gasteiger partial charge >= 0.3 is 6.18 Å². The summed E-state index contributed by atoms with van der Waals surface area (Å²) < 4.78 is 43.2. The lowest BCUT2D eigenvalue weighted by Gasteiger charge is -2.29. The second-order valence-electron chi connectivity index (χ2n) is 7.85. The Hall–Kier alpha value is -1.42. The summed E-state index contributed by atoms with van der Waals surface area (Å²) in [7, 11) is 0. The van der Waals surface area contributed by atoms with Crippen LogP contribution < -0.4 is 5.32 Å². The number of nitrogens with zero attached hydrogens (tertiary/aromatic N) is 1. The summed E-state index contributed by atoms with van der Waals surface area (Å²) in [5, 5.41) is 6.84. The maximum atomic E-state index is 14.2. The molecular weight excluding hydrogens is 564 g/mol. The van der Waals surface area contributed by atoms with Gasteiger partial charge in [0, 0.05) is 55.2 Å². The van der Waals surface area contributed by atoms with Gasteiger partial charge in [-0.2, -0.15) is 13.2 Å². The number of benzene rings is 2. The number of alkyl halides is 3. The van der Waals surface area contributed by atoms with Crippen molar-refractivity contribution in [2.24, 2.45) is 11.1 Å². The molecule has 4 rings (SSSR count). The number of carbonyl (C=O) groups is 1. The number of amides is 1. The topological polar surface area (TPSA) is 50.7 Å². The molecule has 4 nitrogen and oxygen atoms in total. The van der Waals surface area contributed by atoms with E-state index in [2.05, 4.69) is 26.4 Å². The van der Waals surface area contributed by atoms with E-state index in [1.165, 1.54) is 30.0 Å². The van der Waals surface area contributed by atoms with Gasteiger partial charge in [-0.1, -0.05) is 34.4 Å². The number of rotatable bonds is 7. The van der Waals surface area contributed by atoms with E-state index in [9.17, 15) is 18.0 Å². The molecule has 2 aromatic carbocycles. The third-order valence-electron chi connectivity index (χ3n) is 5.39. The molecule has 1 aliphatic carbocycles. The molecule has 11 heteroatoms. The average molecular weight is 582 g/mol. The summed E-state index contributed by atoms with van der Waals surface area (Å²) in [6, 6.07) is 8.96. The molecule has 1 atom stereocenters. The number of oxime groups is 1. The standard InChI is InChI=1S/C22H18BrCl2F3N2O2S/c23-17-7-13(3-4-19(17)33-6-5-29-20(31)12-1-2-12)18-11-21(32-30-18,22(26,27)28)14-8-15(24)10-16(25)9-14/h3-4,7-10,12H,1-2,5-6,11H2,(H,29,31). The van der Waals surface area contributed by atoms with Crippen LogP contribution in [0.15, 0.2) is 50.9 Å². The normalized spacial score (nSPS) is 20.4. The van der Waals surface area contributed by atoms with Crippen LogP contribution in [-0.4, -0.2) is 30.1 Å². The number of carbonyl (C=O) groups excluding carboxylic acids is 1. The lowest BCUT2D eigenvalue weighted by atomic mass is 9.86. The number of thioether (sulfide) groups is 1. The Morgan fingerprint density at radius 2 is 1.91 bits per heavy atom. The van der Waals surface area contributed by atoms with Crippen molar-refractivity contribution in [3.8, 4) is 0 Å². The molecule has 0 radical (unpaired) electrons. The van der Waals surface area contributed by atoms with Crippen molar-refractivity contribution < 1.29 is 22.8 Å². The molecule has 2 aromatic rings. The molecule has 1 unspecified atom stereocenters. The Bertz CT molecular complexity index is 1090. The predicted octanol–water partition coefficient (Wildman–Crippen LogP) is 6.96. The highest BCUT2D eigenvalue weighted by Gasteiger charge is 2.62. The lowest BCUT2D eigenvalue weighted by molar-refractivity contribution is -0.275. The maximum absolute atomic E-state index is 14.2. The van der Waals surface area contributed by atoms with Gasteiger partial charge in [-0.3, -0.25) is 4.79 Å². The van der Waals surface area contributed by atoms with E-state index in [4.69, 9.17) is 28.0 Å². The first-order valence-electron chi connectivity index (χ1n) is 10.1. The first-order chi connectivity index (χ1) is 15.6. The minimum Gasteiger partial charge on any atom is -0.374 e. The van der Waals surface area contributed by atoms with E-state index < -0.39 is 18.2 Å². The van der Waals surface area contributed by atoms with E-state index in [0.29, 0.717) is 17.9 Å². The summed E-state index contributed by atoms with van der Waals surface area (Å²) in [6.45, 7) is 0.547. The van der Waals surface area contributed by atoms with Gasteiger partial charge in [0.05, 0.1) is 5.71 Å². The van der Waals surface area contributed by atoms with Crippen molar-refractivity contribution in [1.82, 2.24) is 5.32 Å². The third kappa shape index (κ3) is 5.47. The Balaban J connectivity index is 1.46. The summed E-state index contributed by atoms with van der Waals surface area (Å²) in [5.41, 5.74) is -2.20. The van der Waals surface area contributed by atoms with Gasteiger partial charge in [-0.05, 0) is 59.1 Å². The Kier molecular flexibility index (Phi) is 7.24. The molecule has 2 aliphatic rings. The molecule has 33 heavy (non-hydrogen) atoms. The molecule has 1 amide bonds. The molecule has 0 spiro atoms. The van der Waals surface area contributed by atoms with Gasteiger partial charge in [0.25, 0.3) is 5.60 Å². The van der Waals surface area contributed by atoms with E-state index in [-0.39, 0.29) is 33.1 Å². The molecule has 1 fully saturated rings. The summed E-state index contributed by atoms with van der Waals surface area (Å²) in [6.07, 6.45) is -3.34. The van der Waals surface area contributed by atoms with Gasteiger partial charge in [0.2, 0.25) is 5.91 Å². The SMILES string of the molecule is O=C(NCCSc1ccc(C2=NOC(c3cc(Cl)cc(Cl)c3)(C(F)(F)F)C2)cc1Br)C1CC1. The van der Waals surface area contributed by atoms with Crippen LogP contribution in [0.5, 0.6) is 0 Å². The molecule has 1 saturated carbocycles. The molecule has 0 aromatic heterocycles. The minimum atomic E-state index is -4.75. The van der Waals surface area contributed by atoms with Gasteiger partial charge < -0.3 is 10.2 Å². The van der Waals surface area contributed by atoms with Crippen LogP contribution in [0, 0.1) is 5.92 Å². The summed E-state index contributed by atoms with van der Waals surface area (Å²) in [4.78, 5) is 17.6. The van der Waals surface area contributed by atoms with Crippen LogP contribution >= 0.6 is 50.9 Å². The van der Waals surface area contributed by atoms with Gasteiger partial charge in [-0.25, -0.2) is 0 Å². The zero-order valence-corrected chi connectivity index (χ0v) is 20.9. The third-order valence-corrected chi connectivity index (χ3v) is 7.82. The smallest absolute Gasteiger partial charge is 0.374 e. The molecular formula is C22H18BrCl2F3N2O2S. The van der Waals surface area contributed by atoms with Crippen molar-refractivity contribution in [3.05, 3.63) is 62.0 Å². The molecule has 176 valence electrons. The summed E-state index contributed by atoms with van der Waals surface area (Å²) in [5.74, 6) is 0.938. The van der Waals surface area contributed by atoms with Crippen LogP contribution in [0.25, 0.3) is 0 Å². The maximum Gasteiger partial charge on any atom is 0.435 e. The van der Waals surface area contributed by atoms with E-state index in [1.807, 2.05) is 0 Å². The second-order valence-corrected chi connectivity index (χ2v) is 10.7. The van der Waals surface area contributed by atoms with Crippen LogP contribution in [0.3, 0.4) is 0 Å². The fourth-order valence-corrected chi connectivity index (χ4v) is 5.50. The average Bonchev–Trinajstić information content (AvgIpc) is 3.48. The fraction of sp³-hybridized carbons (Fsp3) is 0.364. The highest BCUT2D eigenvalue weighted by molar-refractivity contribution is 9.10. The summed E-state index contributed by atoms with van der Waals surface area (Å²) >= 11 is 16.9. The Morgan fingerprint density at radius 1 is 1.21 bits per heavy atom. The van der Waals surface area contributed by atoms with Crippen molar-refractivity contribution in [2.45, 2.75) is 35.9 Å². The number of hydrogen-bond acceptors (Lipinski definition) is 4. The zero-order chi connectivity index (χ0) is 23.8. The van der Waals surface area contributed by atoms with Crippen LogP contribution in [0.1, 0.15) is 30.4 Å². The monoisotopic (exact) mass is 580 g/mol. The number of hydrogen-bond donors (Lipinski definition) is 1. The largest absolute Gasteiger partial charge is 0.435 e. The van der Waals surface area contributed by atoms with Crippen LogP contribution in [0.4, 0.5) is 13.2 Å². The van der Waals surface area contributed by atoms with Gasteiger partial charge in [-0.15, -0.1) is 11.8 Å². The quantitative estimate of drug-likeness (QED) is 0.284. The van der Waals surface area contributed by atoms with E-state index in [0.717, 1.165) is 22.2 Å². The minimum absolute atomic E-state index is 0.0793. The van der Waals surface area contributed by atoms with Crippen molar-refractivity contribution in [2.75, 3.05) is 12.3 Å². The van der Waals surface area contributed by atoms with Gasteiger partial charge in [0.15, 0.2) is 0 Å². The van der Waals surface area contributed by atoms with Crippen LogP contribution in [-0.2, 0) is 15.2 Å². The number of nitrogens with one attached hydrogen (secondary N) is 1. The van der Waals surface area contributed by atoms with Crippen molar-refractivity contribution >= 4 is 62.5 Å². The molecule has 0 saturated heterocycles. The van der Waals surface area contributed by atoms with E-state index >= 15 is 0 Å². The Morgan fingerprint density at radius 3 is 2.52 bits per heavy atom. The lowest BCUT2D eigenvalue weighted by Crippen LogP contribution is -2.42. The molecule has 1 aliphatic heterocycles. The highest BCUT2D eigenvalue weighted by atomic mass is 79.9. The molecule has 1 N–H and O–H groups in total. The van der Waals surface area contributed by atoms with E-state index in [1.54, 1.807) is 18.2 Å². The van der Waals surface area contributed by atoms with Gasteiger partial charge in [0.1, 0.15) is 0 Å². The number of halogens is 6. The van der Waals surface area contributed by atoms with Crippen molar-refractivity contribution in [1.29, 1.82) is 0 Å². The first kappa shape index (κ1) is 24.7. The first-order valence-corrected chi connectivity index (χ1v) is 12.6. The highest BCUT2D eigenvalue weighted by Crippen LogP contribution is 2.50. The molecule has 0 bridgehead atoms. The predicted molar refractivity (Wildman–Crippen MR) is 127 cm³/mol. The van der Waals surface area contributed by atoms with Crippen molar-refractivity contribution in [3.63, 3.8) is 0 Å². The Labute approximate surface area is 211 Å². The second kappa shape index (κ2) is 9.68. The fourth-order valence-electron chi connectivity index (χ4n) is 3.47.